The number of thiazole rings is 1. The van der Waals surface area contributed by atoms with Gasteiger partial charge in [0.15, 0.2) is 5.13 Å². The highest BCUT2D eigenvalue weighted by molar-refractivity contribution is 7.22. The van der Waals surface area contributed by atoms with E-state index in [1.165, 1.54) is 71.5 Å². The molecule has 0 atom stereocenters. The predicted molar refractivity (Wildman–Crippen MR) is 254 cm³/mol. The van der Waals surface area contributed by atoms with Crippen LogP contribution in [-0.2, 0) is 10.8 Å². The number of nitrogens with zero attached hydrogens (tertiary/aromatic N) is 2. The lowest BCUT2D eigenvalue weighted by Gasteiger charge is -2.33. The molecule has 60 heavy (non-hydrogen) atoms. The smallest absolute Gasteiger partial charge is 0.195 e. The zero-order chi connectivity index (χ0) is 40.3. The Kier molecular flexibility index (Phi) is 8.76. The van der Waals surface area contributed by atoms with E-state index >= 15 is 0 Å². The number of hydrogen-bond donors (Lipinski definition) is 0. The molecule has 11 rings (SSSR count). The van der Waals surface area contributed by atoms with E-state index in [1.807, 2.05) is 0 Å². The quantitative estimate of drug-likeness (QED) is 0.135. The van der Waals surface area contributed by atoms with E-state index in [2.05, 4.69) is 225 Å². The standard InChI is InChI=1S/C57H44N2S/c1-3-56(4-2)50-37-39(32-35-45(50)46-36-34-44(38-51(46)56)59(43-24-12-7-13-25-43)55-58-52-29-16-17-30-53(52)60-55)31-33-40-19-18-28-49-54(40)47-26-14-15-27-48(47)57(49,41-20-8-5-9-21-41)42-22-10-6-11-23-42/h5-38H,3-4H2,1-2H3/b33-31+. The molecule has 288 valence electrons. The molecule has 0 saturated heterocycles. The second kappa shape index (κ2) is 14.5. The van der Waals surface area contributed by atoms with E-state index in [0.717, 1.165) is 34.9 Å². The van der Waals surface area contributed by atoms with Gasteiger partial charge in [0.2, 0.25) is 0 Å². The molecule has 0 fully saturated rings. The molecule has 1 heterocycles. The van der Waals surface area contributed by atoms with Gasteiger partial charge in [-0.1, -0.05) is 195 Å². The summed E-state index contributed by atoms with van der Waals surface area (Å²) in [5, 5.41) is 0.976. The molecule has 1 aromatic heterocycles. The van der Waals surface area contributed by atoms with Crippen LogP contribution in [0.4, 0.5) is 16.5 Å². The fourth-order valence-electron chi connectivity index (χ4n) is 10.5. The van der Waals surface area contributed by atoms with E-state index in [0.29, 0.717) is 0 Å². The predicted octanol–water partition coefficient (Wildman–Crippen LogP) is 15.4. The fraction of sp³-hybridized carbons (Fsp3) is 0.105. The highest BCUT2D eigenvalue weighted by Crippen LogP contribution is 2.58. The van der Waals surface area contributed by atoms with E-state index in [9.17, 15) is 0 Å². The Hall–Kier alpha value is -6.81. The Morgan fingerprint density at radius 3 is 1.83 bits per heavy atom. The molecule has 2 aliphatic carbocycles. The number of rotatable bonds is 9. The van der Waals surface area contributed by atoms with Gasteiger partial charge >= 0.3 is 0 Å². The number of aromatic nitrogens is 1. The summed E-state index contributed by atoms with van der Waals surface area (Å²) in [6.07, 6.45) is 6.70. The molecule has 8 aromatic carbocycles. The van der Waals surface area contributed by atoms with Gasteiger partial charge in [0, 0.05) is 16.8 Å². The SMILES string of the molecule is CCC1(CC)c2cc(/C=C/c3cccc4c3-c3ccccc3C4(c3ccccc3)c3ccccc3)ccc2-c2ccc(N(c3ccccc3)c3nc4ccccc4s3)cc21. The normalized spacial score (nSPS) is 14.2. The average Bonchev–Trinajstić information content (AvgIpc) is 3.96. The van der Waals surface area contributed by atoms with Crippen molar-refractivity contribution in [2.75, 3.05) is 4.90 Å². The molecule has 9 aromatic rings. The molecule has 2 aliphatic rings. The molecule has 0 spiro atoms. The van der Waals surface area contributed by atoms with Crippen molar-refractivity contribution in [1.29, 1.82) is 0 Å². The maximum Gasteiger partial charge on any atom is 0.195 e. The van der Waals surface area contributed by atoms with Crippen molar-refractivity contribution < 1.29 is 0 Å². The van der Waals surface area contributed by atoms with Gasteiger partial charge in [-0.2, -0.15) is 0 Å². The van der Waals surface area contributed by atoms with Crippen LogP contribution in [0, 0.1) is 0 Å². The molecule has 0 aliphatic heterocycles. The maximum absolute atomic E-state index is 5.14. The van der Waals surface area contributed by atoms with Gasteiger partial charge in [-0.05, 0) is 116 Å². The van der Waals surface area contributed by atoms with E-state index in [1.54, 1.807) is 11.3 Å². The van der Waals surface area contributed by atoms with Crippen LogP contribution >= 0.6 is 11.3 Å². The topological polar surface area (TPSA) is 16.1 Å². The molecule has 0 N–H and O–H groups in total. The van der Waals surface area contributed by atoms with Crippen molar-refractivity contribution in [3.05, 3.63) is 239 Å². The highest BCUT2D eigenvalue weighted by Gasteiger charge is 2.46. The van der Waals surface area contributed by atoms with Gasteiger partial charge in [0.05, 0.1) is 15.6 Å². The average molecular weight is 789 g/mol. The molecule has 0 saturated carbocycles. The van der Waals surface area contributed by atoms with Crippen LogP contribution in [0.15, 0.2) is 194 Å². The van der Waals surface area contributed by atoms with Crippen molar-refractivity contribution in [3.63, 3.8) is 0 Å². The minimum atomic E-state index is -0.415. The van der Waals surface area contributed by atoms with Gasteiger partial charge in [0.1, 0.15) is 0 Å². The molecular formula is C57H44N2S. The van der Waals surface area contributed by atoms with E-state index < -0.39 is 5.41 Å². The third-order valence-electron chi connectivity index (χ3n) is 13.3. The minimum absolute atomic E-state index is 0.113. The second-order valence-corrected chi connectivity index (χ2v) is 17.1. The molecule has 0 amide bonds. The lowest BCUT2D eigenvalue weighted by Crippen LogP contribution is -2.28. The van der Waals surface area contributed by atoms with Crippen LogP contribution in [0.5, 0.6) is 0 Å². The van der Waals surface area contributed by atoms with Crippen LogP contribution in [-0.4, -0.2) is 4.98 Å². The molecule has 0 bridgehead atoms. The highest BCUT2D eigenvalue weighted by atomic mass is 32.1. The lowest BCUT2D eigenvalue weighted by atomic mass is 9.67. The Morgan fingerprint density at radius 1 is 0.500 bits per heavy atom. The van der Waals surface area contributed by atoms with Crippen LogP contribution in [0.1, 0.15) is 71.2 Å². The number of hydrogen-bond acceptors (Lipinski definition) is 3. The van der Waals surface area contributed by atoms with Crippen molar-refractivity contribution in [1.82, 2.24) is 4.98 Å². The van der Waals surface area contributed by atoms with Crippen LogP contribution < -0.4 is 4.90 Å². The third-order valence-corrected chi connectivity index (χ3v) is 14.3. The first-order valence-corrected chi connectivity index (χ1v) is 22.0. The summed E-state index contributed by atoms with van der Waals surface area (Å²) in [5.41, 5.74) is 18.5. The number of fused-ring (bicyclic) bond motifs is 7. The van der Waals surface area contributed by atoms with Crippen molar-refractivity contribution >= 4 is 50.2 Å². The summed E-state index contributed by atoms with van der Waals surface area (Å²) >= 11 is 1.74. The summed E-state index contributed by atoms with van der Waals surface area (Å²) in [6, 6.07) is 71.3. The summed E-state index contributed by atoms with van der Waals surface area (Å²) in [6.45, 7) is 4.72. The lowest BCUT2D eigenvalue weighted by molar-refractivity contribution is 0.490. The van der Waals surface area contributed by atoms with Crippen LogP contribution in [0.3, 0.4) is 0 Å². The molecule has 0 unspecified atom stereocenters. The molecule has 3 heteroatoms. The van der Waals surface area contributed by atoms with Gasteiger partial charge < -0.3 is 0 Å². The number of benzene rings is 8. The first kappa shape index (κ1) is 36.3. The molecule has 0 radical (unpaired) electrons. The fourth-order valence-corrected chi connectivity index (χ4v) is 11.5. The Bertz CT molecular complexity index is 2990. The summed E-state index contributed by atoms with van der Waals surface area (Å²) in [7, 11) is 0. The zero-order valence-corrected chi connectivity index (χ0v) is 34.7. The van der Waals surface area contributed by atoms with Gasteiger partial charge in [0.25, 0.3) is 0 Å². The first-order valence-electron chi connectivity index (χ1n) is 21.2. The summed E-state index contributed by atoms with van der Waals surface area (Å²) < 4.78 is 1.19. The van der Waals surface area contributed by atoms with E-state index in [4.69, 9.17) is 4.98 Å². The van der Waals surface area contributed by atoms with Crippen molar-refractivity contribution in [3.8, 4) is 22.3 Å². The van der Waals surface area contributed by atoms with Gasteiger partial charge in [-0.15, -0.1) is 0 Å². The van der Waals surface area contributed by atoms with Gasteiger partial charge in [-0.25, -0.2) is 4.98 Å². The van der Waals surface area contributed by atoms with Gasteiger partial charge in [-0.3, -0.25) is 4.90 Å². The van der Waals surface area contributed by atoms with Crippen LogP contribution in [0.25, 0.3) is 44.6 Å². The maximum atomic E-state index is 5.14. The summed E-state index contributed by atoms with van der Waals surface area (Å²) in [4.78, 5) is 7.47. The Labute approximate surface area is 356 Å². The number of para-hydroxylation sites is 2. The van der Waals surface area contributed by atoms with Crippen LogP contribution in [0.2, 0.25) is 0 Å². The van der Waals surface area contributed by atoms with Crippen molar-refractivity contribution in [2.45, 2.75) is 37.5 Å². The Morgan fingerprint density at radius 2 is 1.12 bits per heavy atom. The Balaban J connectivity index is 1.01. The largest absolute Gasteiger partial charge is 0.286 e. The zero-order valence-electron chi connectivity index (χ0n) is 33.8. The third kappa shape index (κ3) is 5.42. The second-order valence-electron chi connectivity index (χ2n) is 16.1. The summed E-state index contributed by atoms with van der Waals surface area (Å²) in [5.74, 6) is 0. The minimum Gasteiger partial charge on any atom is -0.286 e. The first-order chi connectivity index (χ1) is 29.6. The molecule has 2 nitrogen and oxygen atoms in total. The number of anilines is 3. The monoisotopic (exact) mass is 788 g/mol. The molecular weight excluding hydrogens is 745 g/mol. The van der Waals surface area contributed by atoms with Crippen molar-refractivity contribution in [2.24, 2.45) is 0 Å². The van der Waals surface area contributed by atoms with E-state index in [-0.39, 0.29) is 5.41 Å².